The van der Waals surface area contributed by atoms with Crippen molar-refractivity contribution in [3.8, 4) is 0 Å². The van der Waals surface area contributed by atoms with E-state index in [1.807, 2.05) is 0 Å². The number of carbonyl (C=O) groups excluding carboxylic acids is 3. The van der Waals surface area contributed by atoms with E-state index in [0.29, 0.717) is 0 Å². The van der Waals surface area contributed by atoms with Gasteiger partial charge in [-0.25, -0.2) is 4.79 Å². The number of carbonyl (C=O) groups is 3. The Labute approximate surface area is 158 Å². The minimum Gasteiger partial charge on any atom is -0.459 e. The fourth-order valence-electron chi connectivity index (χ4n) is 5.59. The van der Waals surface area contributed by atoms with E-state index in [4.69, 9.17) is 9.15 Å². The van der Waals surface area contributed by atoms with Crippen LogP contribution in [0.25, 0.3) is 0 Å². The molecule has 146 valence electrons. The average Bonchev–Trinajstić information content (AvgIpc) is 3.12. The fourth-order valence-corrected chi connectivity index (χ4v) is 5.59. The molecule has 2 N–H and O–H groups in total. The fraction of sp³-hybridized carbons (Fsp3) is 0.650. The Morgan fingerprint density at radius 1 is 1.19 bits per heavy atom. The van der Waals surface area contributed by atoms with Gasteiger partial charge in [0.1, 0.15) is 6.04 Å². The van der Waals surface area contributed by atoms with Crippen molar-refractivity contribution in [3.63, 3.8) is 0 Å². The standard InChI is InChI=1S/C20H26N2O5/c1-12(21-18(24)16-3-2-4-26-16)19(25)27-11-17(23)22-20-8-13-5-14(9-20)7-15(6-13)10-20/h2-4,12-15H,5-11H2,1H3,(H,21,24)(H,22,23)/t12-,13?,14?,15?,20?/m0/s1. The molecule has 1 aromatic heterocycles. The lowest BCUT2D eigenvalue weighted by Crippen LogP contribution is -2.60. The molecular formula is C20H26N2O5. The predicted octanol–water partition coefficient (Wildman–Crippen LogP) is 2.03. The van der Waals surface area contributed by atoms with Crippen molar-refractivity contribution in [1.82, 2.24) is 10.6 Å². The minimum absolute atomic E-state index is 0.0998. The smallest absolute Gasteiger partial charge is 0.328 e. The molecule has 1 heterocycles. The van der Waals surface area contributed by atoms with Crippen LogP contribution in [0.4, 0.5) is 0 Å². The predicted molar refractivity (Wildman–Crippen MR) is 95.6 cm³/mol. The summed E-state index contributed by atoms with van der Waals surface area (Å²) in [6.07, 6.45) is 8.44. The first-order chi connectivity index (χ1) is 12.9. The van der Waals surface area contributed by atoms with E-state index in [1.165, 1.54) is 38.5 Å². The molecule has 4 bridgehead atoms. The zero-order valence-corrected chi connectivity index (χ0v) is 15.5. The number of furan rings is 1. The highest BCUT2D eigenvalue weighted by molar-refractivity contribution is 5.94. The highest BCUT2D eigenvalue weighted by atomic mass is 16.5. The summed E-state index contributed by atoms with van der Waals surface area (Å²) in [4.78, 5) is 36.3. The maximum Gasteiger partial charge on any atom is 0.328 e. The van der Waals surface area contributed by atoms with Crippen LogP contribution in [0.3, 0.4) is 0 Å². The molecule has 27 heavy (non-hydrogen) atoms. The first-order valence-corrected chi connectivity index (χ1v) is 9.74. The highest BCUT2D eigenvalue weighted by Crippen LogP contribution is 2.55. The average molecular weight is 374 g/mol. The summed E-state index contributed by atoms with van der Waals surface area (Å²) in [7, 11) is 0. The van der Waals surface area contributed by atoms with E-state index < -0.39 is 17.9 Å². The number of esters is 1. The van der Waals surface area contributed by atoms with Gasteiger partial charge in [0.05, 0.1) is 6.26 Å². The van der Waals surface area contributed by atoms with Gasteiger partial charge in [-0.05, 0) is 75.3 Å². The van der Waals surface area contributed by atoms with Gasteiger partial charge in [0.2, 0.25) is 0 Å². The molecule has 4 aliphatic carbocycles. The van der Waals surface area contributed by atoms with Crippen LogP contribution in [0.1, 0.15) is 56.0 Å². The minimum atomic E-state index is -0.866. The maximum atomic E-state index is 12.4. The number of amides is 2. The topological polar surface area (TPSA) is 97.6 Å². The zero-order valence-electron chi connectivity index (χ0n) is 15.5. The SMILES string of the molecule is C[C@H](NC(=O)c1ccco1)C(=O)OCC(=O)NC12CC3CC(CC(C3)C1)C2. The number of rotatable bonds is 6. The first kappa shape index (κ1) is 18.1. The van der Waals surface area contributed by atoms with Gasteiger partial charge in [-0.3, -0.25) is 9.59 Å². The quantitative estimate of drug-likeness (QED) is 0.743. The van der Waals surface area contributed by atoms with E-state index in [2.05, 4.69) is 10.6 Å². The van der Waals surface area contributed by atoms with Crippen molar-refractivity contribution >= 4 is 17.8 Å². The van der Waals surface area contributed by atoms with E-state index in [0.717, 1.165) is 37.0 Å². The molecule has 7 nitrogen and oxygen atoms in total. The normalized spacial score (nSPS) is 32.0. The Bertz CT molecular complexity index is 691. The van der Waals surface area contributed by atoms with Crippen LogP contribution in [0.2, 0.25) is 0 Å². The van der Waals surface area contributed by atoms with Crippen molar-refractivity contribution < 1.29 is 23.5 Å². The van der Waals surface area contributed by atoms with Crippen LogP contribution < -0.4 is 10.6 Å². The third-order valence-corrected chi connectivity index (χ3v) is 6.23. The molecule has 0 aromatic carbocycles. The van der Waals surface area contributed by atoms with Crippen molar-refractivity contribution in [3.05, 3.63) is 24.2 Å². The highest BCUT2D eigenvalue weighted by Gasteiger charge is 2.51. The second kappa shape index (κ2) is 7.02. The van der Waals surface area contributed by atoms with Crippen LogP contribution in [-0.4, -0.2) is 36.0 Å². The number of ether oxygens (including phenoxy) is 1. The lowest BCUT2D eigenvalue weighted by atomic mass is 9.53. The number of hydrogen-bond acceptors (Lipinski definition) is 5. The first-order valence-electron chi connectivity index (χ1n) is 9.74. The maximum absolute atomic E-state index is 12.4. The summed E-state index contributed by atoms with van der Waals surface area (Å²) in [5.41, 5.74) is -0.0998. The van der Waals surface area contributed by atoms with Crippen LogP contribution >= 0.6 is 0 Å². The third-order valence-electron chi connectivity index (χ3n) is 6.23. The molecule has 0 aliphatic heterocycles. The van der Waals surface area contributed by atoms with Crippen LogP contribution in [0.5, 0.6) is 0 Å². The zero-order chi connectivity index (χ0) is 19.0. The molecule has 4 aliphatic rings. The lowest BCUT2D eigenvalue weighted by molar-refractivity contribution is -0.151. The molecule has 0 unspecified atom stereocenters. The molecule has 7 heteroatoms. The summed E-state index contributed by atoms with van der Waals surface area (Å²) in [5.74, 6) is 0.921. The summed E-state index contributed by atoms with van der Waals surface area (Å²) in [6.45, 7) is 1.20. The molecule has 5 rings (SSSR count). The molecule has 1 aromatic rings. The molecule has 0 spiro atoms. The summed E-state index contributed by atoms with van der Waals surface area (Å²) in [5, 5.41) is 5.66. The van der Waals surface area contributed by atoms with Gasteiger partial charge in [0.25, 0.3) is 11.8 Å². The molecule has 1 atom stereocenters. The Morgan fingerprint density at radius 2 is 1.81 bits per heavy atom. The third kappa shape index (κ3) is 3.87. The summed E-state index contributed by atoms with van der Waals surface area (Å²) >= 11 is 0. The molecule has 0 radical (unpaired) electrons. The largest absolute Gasteiger partial charge is 0.459 e. The Kier molecular flexibility index (Phi) is 4.70. The van der Waals surface area contributed by atoms with Crippen LogP contribution in [-0.2, 0) is 14.3 Å². The number of hydrogen-bond donors (Lipinski definition) is 2. The van der Waals surface area contributed by atoms with Gasteiger partial charge < -0.3 is 19.8 Å². The second-order valence-corrected chi connectivity index (χ2v) is 8.53. The van der Waals surface area contributed by atoms with Gasteiger partial charge in [0, 0.05) is 5.54 Å². The molecule has 4 saturated carbocycles. The van der Waals surface area contributed by atoms with E-state index in [-0.39, 0.29) is 23.8 Å². The molecule has 0 saturated heterocycles. The number of nitrogens with one attached hydrogen (secondary N) is 2. The molecular weight excluding hydrogens is 348 g/mol. The van der Waals surface area contributed by atoms with E-state index in [9.17, 15) is 14.4 Å². The lowest BCUT2D eigenvalue weighted by Gasteiger charge is -2.56. The van der Waals surface area contributed by atoms with E-state index >= 15 is 0 Å². The van der Waals surface area contributed by atoms with Crippen molar-refractivity contribution in [2.75, 3.05) is 6.61 Å². The summed E-state index contributed by atoms with van der Waals surface area (Å²) in [6, 6.07) is 2.23. The van der Waals surface area contributed by atoms with Gasteiger partial charge in [-0.15, -0.1) is 0 Å². The van der Waals surface area contributed by atoms with E-state index in [1.54, 1.807) is 6.07 Å². The molecule has 4 fully saturated rings. The molecule has 2 amide bonds. The van der Waals surface area contributed by atoms with Crippen molar-refractivity contribution in [1.29, 1.82) is 0 Å². The van der Waals surface area contributed by atoms with Gasteiger partial charge in [-0.1, -0.05) is 0 Å². The van der Waals surface area contributed by atoms with Gasteiger partial charge in [-0.2, -0.15) is 0 Å². The van der Waals surface area contributed by atoms with Crippen molar-refractivity contribution in [2.45, 2.75) is 57.0 Å². The second-order valence-electron chi connectivity index (χ2n) is 8.53. The Hall–Kier alpha value is -2.31. The Balaban J connectivity index is 1.24. The Morgan fingerprint density at radius 3 is 2.37 bits per heavy atom. The summed E-state index contributed by atoms with van der Waals surface area (Å²) < 4.78 is 10.1. The van der Waals surface area contributed by atoms with Gasteiger partial charge >= 0.3 is 5.97 Å². The van der Waals surface area contributed by atoms with Crippen molar-refractivity contribution in [2.24, 2.45) is 17.8 Å². The van der Waals surface area contributed by atoms with Crippen LogP contribution in [0, 0.1) is 17.8 Å². The van der Waals surface area contributed by atoms with Crippen LogP contribution in [0.15, 0.2) is 22.8 Å². The monoisotopic (exact) mass is 374 g/mol. The van der Waals surface area contributed by atoms with Gasteiger partial charge in [0.15, 0.2) is 12.4 Å².